The van der Waals surface area contributed by atoms with Crippen molar-refractivity contribution in [2.45, 2.75) is 6.92 Å². The monoisotopic (exact) mass is 210 g/mol. The van der Waals surface area contributed by atoms with Gasteiger partial charge in [0.05, 0.1) is 5.69 Å². The molecule has 15 heavy (non-hydrogen) atoms. The van der Waals surface area contributed by atoms with Gasteiger partial charge in [-0.05, 0) is 19.1 Å². The lowest BCUT2D eigenvalue weighted by Gasteiger charge is -1.96. The van der Waals surface area contributed by atoms with Gasteiger partial charge in [-0.2, -0.15) is 0 Å². The molecule has 70 valence electrons. The SMILES string of the molecule is Cc1n[c]([Al])nc2c1oc1ccccc12. The van der Waals surface area contributed by atoms with E-state index in [9.17, 15) is 0 Å². The zero-order valence-electron chi connectivity index (χ0n) is 8.19. The van der Waals surface area contributed by atoms with Crippen molar-refractivity contribution in [3.63, 3.8) is 0 Å². The van der Waals surface area contributed by atoms with Crippen molar-refractivity contribution >= 4 is 43.0 Å². The minimum atomic E-state index is 0.701. The largest absolute Gasteiger partial charge is 0.452 e. The Bertz CT molecular complexity index is 660. The molecule has 1 aromatic carbocycles. The zero-order valence-corrected chi connectivity index (χ0v) is 9.34. The van der Waals surface area contributed by atoms with E-state index in [1.165, 1.54) is 0 Å². The number of hydrogen-bond acceptors (Lipinski definition) is 3. The quantitative estimate of drug-likeness (QED) is 0.527. The lowest BCUT2D eigenvalue weighted by Crippen LogP contribution is -2.13. The number of nitrogens with zero attached hydrogens (tertiary/aromatic N) is 2. The predicted molar refractivity (Wildman–Crippen MR) is 59.4 cm³/mol. The average molecular weight is 210 g/mol. The van der Waals surface area contributed by atoms with E-state index < -0.39 is 0 Å². The van der Waals surface area contributed by atoms with Crippen molar-refractivity contribution in [3.05, 3.63) is 30.0 Å². The van der Waals surface area contributed by atoms with Crippen LogP contribution >= 0.6 is 0 Å². The van der Waals surface area contributed by atoms with Gasteiger partial charge in [-0.25, -0.2) is 0 Å². The van der Waals surface area contributed by atoms with Gasteiger partial charge in [0.1, 0.15) is 11.1 Å². The molecule has 0 bridgehead atoms. The van der Waals surface area contributed by atoms with Gasteiger partial charge in [-0.15, -0.1) is 0 Å². The van der Waals surface area contributed by atoms with Crippen LogP contribution < -0.4 is 4.69 Å². The highest BCUT2D eigenvalue weighted by molar-refractivity contribution is 6.29. The van der Waals surface area contributed by atoms with Crippen LogP contribution in [-0.2, 0) is 0 Å². The summed E-state index contributed by atoms with van der Waals surface area (Å²) in [5.41, 5.74) is 3.41. The fraction of sp³-hybridized carbons (Fsp3) is 0.0909. The molecule has 0 unspecified atom stereocenters. The average Bonchev–Trinajstić information content (AvgIpc) is 2.57. The number of aromatic nitrogens is 2. The van der Waals surface area contributed by atoms with Crippen molar-refractivity contribution in [2.75, 3.05) is 0 Å². The molecule has 4 heteroatoms. The van der Waals surface area contributed by atoms with Crippen molar-refractivity contribution in [1.29, 1.82) is 0 Å². The van der Waals surface area contributed by atoms with Crippen LogP contribution in [0.1, 0.15) is 5.69 Å². The second kappa shape index (κ2) is 3.06. The number of aryl methyl sites for hydroxylation is 1. The summed E-state index contributed by atoms with van der Waals surface area (Å²) in [6, 6.07) is 7.89. The Balaban J connectivity index is 2.61. The third kappa shape index (κ3) is 1.26. The molecule has 0 amide bonds. The first kappa shape index (κ1) is 8.90. The summed E-state index contributed by atoms with van der Waals surface area (Å²) in [6.07, 6.45) is 0. The van der Waals surface area contributed by atoms with E-state index in [2.05, 4.69) is 26.3 Å². The number of para-hydroxylation sites is 1. The summed E-state index contributed by atoms with van der Waals surface area (Å²) < 4.78 is 6.40. The fourth-order valence-corrected chi connectivity index (χ4v) is 2.07. The highest BCUT2D eigenvalue weighted by atomic mass is 27.0. The molecule has 2 radical (unpaired) electrons. The van der Waals surface area contributed by atoms with E-state index >= 15 is 0 Å². The zero-order chi connectivity index (χ0) is 10.4. The van der Waals surface area contributed by atoms with Crippen molar-refractivity contribution < 1.29 is 4.42 Å². The van der Waals surface area contributed by atoms with Gasteiger partial charge in [0, 0.05) is 10.1 Å². The third-order valence-electron chi connectivity index (χ3n) is 2.41. The minimum absolute atomic E-state index is 0.701. The molecule has 0 atom stereocenters. The van der Waals surface area contributed by atoms with Crippen LogP contribution in [0.15, 0.2) is 28.7 Å². The van der Waals surface area contributed by atoms with Crippen LogP contribution in [0.2, 0.25) is 0 Å². The third-order valence-corrected chi connectivity index (χ3v) is 2.66. The predicted octanol–water partition coefficient (Wildman–Crippen LogP) is 1.48. The molecule has 3 nitrogen and oxygen atoms in total. The first-order valence-corrected chi connectivity index (χ1v) is 5.25. The maximum absolute atomic E-state index is 5.70. The second-order valence-corrected chi connectivity index (χ2v) is 3.96. The number of fused-ring (bicyclic) bond motifs is 3. The summed E-state index contributed by atoms with van der Waals surface area (Å²) in [5.74, 6) is 0. The van der Waals surface area contributed by atoms with E-state index in [0.717, 1.165) is 27.8 Å². The highest BCUT2D eigenvalue weighted by Gasteiger charge is 2.10. The first-order chi connectivity index (χ1) is 7.25. The lowest BCUT2D eigenvalue weighted by molar-refractivity contribution is 0.662. The molecule has 2 heterocycles. The summed E-state index contributed by atoms with van der Waals surface area (Å²) in [4.78, 5) is 8.64. The second-order valence-electron chi connectivity index (χ2n) is 3.44. The molecular formula is C11H7AlN2O. The van der Waals surface area contributed by atoms with E-state index in [0.29, 0.717) is 4.69 Å². The van der Waals surface area contributed by atoms with Crippen molar-refractivity contribution in [2.24, 2.45) is 0 Å². The first-order valence-electron chi connectivity index (χ1n) is 4.67. The molecule has 0 saturated heterocycles. The number of rotatable bonds is 0. The van der Waals surface area contributed by atoms with Gasteiger partial charge in [0.2, 0.25) is 16.3 Å². The molecule has 0 saturated carbocycles. The van der Waals surface area contributed by atoms with Gasteiger partial charge in [0.15, 0.2) is 5.58 Å². The fourth-order valence-electron chi connectivity index (χ4n) is 1.75. The summed E-state index contributed by atoms with van der Waals surface area (Å²) >= 11 is 2.52. The molecule has 2 aromatic heterocycles. The lowest BCUT2D eigenvalue weighted by atomic mass is 10.2. The van der Waals surface area contributed by atoms with Gasteiger partial charge in [-0.3, -0.25) is 9.97 Å². The maximum Gasteiger partial charge on any atom is 0.244 e. The topological polar surface area (TPSA) is 38.9 Å². The number of benzene rings is 1. The summed E-state index contributed by atoms with van der Waals surface area (Å²) in [5, 5.41) is 1.04. The standard InChI is InChI=1S/C11H7N2O.Al/c1-7-11-10(13-6-12-7)8-4-2-3-5-9(8)14-11;/h2-5H,1H3;. The molecule has 0 spiro atoms. The van der Waals surface area contributed by atoms with E-state index in [4.69, 9.17) is 4.42 Å². The Labute approximate surface area is 94.6 Å². The summed E-state index contributed by atoms with van der Waals surface area (Å²) in [6.45, 7) is 1.93. The van der Waals surface area contributed by atoms with Crippen LogP contribution in [0.25, 0.3) is 22.1 Å². The maximum atomic E-state index is 5.70. The van der Waals surface area contributed by atoms with Crippen LogP contribution in [0, 0.1) is 6.92 Å². The van der Waals surface area contributed by atoms with Crippen LogP contribution in [0.3, 0.4) is 0 Å². The summed E-state index contributed by atoms with van der Waals surface area (Å²) in [7, 11) is 0. The van der Waals surface area contributed by atoms with Crippen LogP contribution in [-0.4, -0.2) is 26.3 Å². The highest BCUT2D eigenvalue weighted by Crippen LogP contribution is 2.26. The van der Waals surface area contributed by atoms with Crippen molar-refractivity contribution in [3.8, 4) is 0 Å². The van der Waals surface area contributed by atoms with E-state index in [-0.39, 0.29) is 0 Å². The molecular weight excluding hydrogens is 203 g/mol. The molecule has 0 aliphatic heterocycles. The number of furan rings is 1. The Morgan fingerprint density at radius 3 is 2.87 bits per heavy atom. The van der Waals surface area contributed by atoms with Gasteiger partial charge in [-0.1, -0.05) is 12.1 Å². The Kier molecular flexibility index (Phi) is 1.82. The molecule has 0 aliphatic carbocycles. The van der Waals surface area contributed by atoms with Crippen LogP contribution in [0.5, 0.6) is 0 Å². The van der Waals surface area contributed by atoms with E-state index in [1.807, 2.05) is 31.2 Å². The molecule has 0 N–H and O–H groups in total. The Hall–Kier alpha value is -1.37. The number of hydrogen-bond donors (Lipinski definition) is 0. The Morgan fingerprint density at radius 2 is 2.00 bits per heavy atom. The van der Waals surface area contributed by atoms with Gasteiger partial charge < -0.3 is 4.42 Å². The Morgan fingerprint density at radius 1 is 1.20 bits per heavy atom. The smallest absolute Gasteiger partial charge is 0.244 e. The van der Waals surface area contributed by atoms with Crippen molar-refractivity contribution in [1.82, 2.24) is 9.97 Å². The van der Waals surface area contributed by atoms with E-state index in [1.54, 1.807) is 0 Å². The molecule has 3 aromatic rings. The normalized spacial score (nSPS) is 11.3. The van der Waals surface area contributed by atoms with Gasteiger partial charge in [0.25, 0.3) is 0 Å². The van der Waals surface area contributed by atoms with Gasteiger partial charge >= 0.3 is 0 Å². The van der Waals surface area contributed by atoms with Crippen LogP contribution in [0.4, 0.5) is 0 Å². The molecule has 0 aliphatic rings. The molecule has 0 fully saturated rings. The molecule has 3 rings (SSSR count). The minimum Gasteiger partial charge on any atom is -0.452 e.